The van der Waals surface area contributed by atoms with E-state index in [9.17, 15) is 25.3 Å². The molecule has 82 valence electrons. The Balaban J connectivity index is 3.73. The first-order valence-corrected chi connectivity index (χ1v) is 6.36. The molecule has 11 heteroatoms. The maximum absolute atomic E-state index is 10.6. The van der Waals surface area contributed by atoms with Gasteiger partial charge in [-0.3, -0.25) is 0 Å². The van der Waals surface area contributed by atoms with Crippen LogP contribution in [0.1, 0.15) is 0 Å². The van der Waals surface area contributed by atoms with Gasteiger partial charge in [-0.15, -0.1) is 0 Å². The first-order valence-electron chi connectivity index (χ1n) is 3.13. The van der Waals surface area contributed by atoms with Crippen LogP contribution in [-0.4, -0.2) is 46.4 Å². The molecule has 0 fully saturated rings. The highest BCUT2D eigenvalue weighted by molar-refractivity contribution is 7.84. The second-order valence-electron chi connectivity index (χ2n) is 2.09. The first kappa shape index (κ1) is 11.8. The van der Waals surface area contributed by atoms with E-state index in [4.69, 9.17) is 0 Å². The second-order valence-corrected chi connectivity index (χ2v) is 4.73. The van der Waals surface area contributed by atoms with E-state index < -0.39 is 45.8 Å². The van der Waals surface area contributed by atoms with E-state index in [0.29, 0.717) is 6.21 Å². The minimum atomic E-state index is -2.90. The van der Waals surface area contributed by atoms with Crippen LogP contribution < -0.4 is 5.32 Å². The molecule has 0 aromatic carbocycles. The van der Waals surface area contributed by atoms with Crippen molar-refractivity contribution in [3.8, 4) is 0 Å². The number of aliphatic imine (C=N–C) groups is 1. The van der Waals surface area contributed by atoms with E-state index in [1.165, 1.54) is 0 Å². The maximum atomic E-state index is 10.6. The molecular weight excluding hydrogens is 268 g/mol. The molecule has 1 aliphatic heterocycles. The Bertz CT molecular complexity index is 708. The molecule has 0 bridgehead atoms. The van der Waals surface area contributed by atoms with Crippen molar-refractivity contribution in [1.29, 1.82) is 0 Å². The summed E-state index contributed by atoms with van der Waals surface area (Å²) < 4.78 is 63.0. The molecule has 0 amide bonds. The van der Waals surface area contributed by atoms with E-state index in [2.05, 4.69) is 4.99 Å². The fourth-order valence-electron chi connectivity index (χ4n) is 0.694. The van der Waals surface area contributed by atoms with Crippen LogP contribution in [0.2, 0.25) is 0 Å². The summed E-state index contributed by atoms with van der Waals surface area (Å²) in [4.78, 5) is 1.83. The summed E-state index contributed by atoms with van der Waals surface area (Å²) in [7, 11) is -8.49. The highest BCUT2D eigenvalue weighted by atomic mass is 32.2. The van der Waals surface area contributed by atoms with Crippen LogP contribution in [0.15, 0.2) is 4.99 Å². The van der Waals surface area contributed by atoms with Gasteiger partial charge in [0.2, 0.25) is 25.7 Å². The van der Waals surface area contributed by atoms with Crippen LogP contribution in [0.5, 0.6) is 0 Å². The third-order valence-electron chi connectivity index (χ3n) is 1.25. The summed E-state index contributed by atoms with van der Waals surface area (Å²) in [6.07, 6.45) is 0.635. The van der Waals surface area contributed by atoms with Crippen molar-refractivity contribution in [2.24, 2.45) is 4.99 Å². The fourth-order valence-corrected chi connectivity index (χ4v) is 2.23. The zero-order valence-electron chi connectivity index (χ0n) is 6.70. The Morgan fingerprint density at radius 1 is 0.933 bits per heavy atom. The van der Waals surface area contributed by atoms with Crippen molar-refractivity contribution in [2.45, 2.75) is 0 Å². The molecule has 0 saturated heterocycles. The third kappa shape index (κ3) is 2.59. The number of hydrogen-bond acceptors (Lipinski definition) is 6. The fraction of sp³-hybridized carbons (Fsp3) is 0. The van der Waals surface area contributed by atoms with Crippen LogP contribution in [-0.2, 0) is 30.9 Å². The van der Waals surface area contributed by atoms with Gasteiger partial charge in [-0.2, -0.15) is 25.3 Å². The maximum Gasteiger partial charge on any atom is 0.252 e. The lowest BCUT2D eigenvalue weighted by atomic mass is 10.4. The molecule has 0 aromatic rings. The van der Waals surface area contributed by atoms with E-state index in [0.717, 1.165) is 0 Å². The van der Waals surface area contributed by atoms with Crippen molar-refractivity contribution in [2.75, 3.05) is 0 Å². The van der Waals surface area contributed by atoms with Crippen LogP contribution in [0.25, 0.3) is 0 Å². The van der Waals surface area contributed by atoms with Crippen molar-refractivity contribution in [3.05, 3.63) is 0 Å². The molecule has 1 aliphatic rings. The number of nitrogens with one attached hydrogen (secondary N) is 1. The zero-order valence-corrected chi connectivity index (χ0v) is 9.15. The molecule has 1 heterocycles. The molecule has 0 radical (unpaired) electrons. The predicted molar refractivity (Wildman–Crippen MR) is 53.4 cm³/mol. The molecular formula is C4H2N2O6S3. The van der Waals surface area contributed by atoms with Crippen LogP contribution >= 0.6 is 0 Å². The van der Waals surface area contributed by atoms with Gasteiger partial charge in [0.15, 0.2) is 4.99 Å². The third-order valence-corrected chi connectivity index (χ3v) is 3.22. The monoisotopic (exact) mass is 270 g/mol. The molecule has 0 aromatic heterocycles. The molecule has 0 atom stereocenters. The predicted octanol–water partition coefficient (Wildman–Crippen LogP) is -3.31. The van der Waals surface area contributed by atoms with Crippen molar-refractivity contribution in [1.82, 2.24) is 5.32 Å². The van der Waals surface area contributed by atoms with E-state index in [-0.39, 0.29) is 0 Å². The van der Waals surface area contributed by atoms with Gasteiger partial charge in [0, 0.05) is 0 Å². The van der Waals surface area contributed by atoms with Crippen molar-refractivity contribution < 1.29 is 25.3 Å². The van der Waals surface area contributed by atoms with Crippen LogP contribution in [0.4, 0.5) is 0 Å². The molecule has 0 spiro atoms. The summed E-state index contributed by atoms with van der Waals surface area (Å²) in [5, 5.41) is 1.20. The second kappa shape index (κ2) is 4.48. The highest BCUT2D eigenvalue weighted by Crippen LogP contribution is 1.85. The van der Waals surface area contributed by atoms with Gasteiger partial charge in [-0.1, -0.05) is 0 Å². The standard InChI is InChI=1S/C4H2N2O6S3/c7-13(8)2-1-5-4(15(11)12)6-3(2)14(9)10/h1,6H. The first-order chi connectivity index (χ1) is 6.93. The lowest BCUT2D eigenvalue weighted by Crippen LogP contribution is -2.41. The zero-order chi connectivity index (χ0) is 11.6. The molecule has 1 rings (SSSR count). The number of rotatable bonds is 0. The molecule has 0 unspecified atom stereocenters. The molecule has 0 aliphatic carbocycles. The Labute approximate surface area is 87.9 Å². The minimum Gasteiger partial charge on any atom is -0.228 e. The minimum absolute atomic E-state index is 0.627. The summed E-state index contributed by atoms with van der Waals surface area (Å²) >= 11 is 0. The van der Waals surface area contributed by atoms with Crippen LogP contribution in [0.3, 0.4) is 0 Å². The summed E-state index contributed by atoms with van der Waals surface area (Å²) in [5.41, 5.74) is 0. The summed E-state index contributed by atoms with van der Waals surface area (Å²) in [5.74, 6) is 0. The smallest absolute Gasteiger partial charge is 0.228 e. The number of nitrogens with zero attached hydrogens (tertiary/aromatic N) is 1. The largest absolute Gasteiger partial charge is 0.252 e. The SMILES string of the molecule is O=S(=O)=C1N=CC(=S(=O)=O)C(=S(=O)=O)N1. The van der Waals surface area contributed by atoms with Crippen LogP contribution in [0, 0.1) is 0 Å². The van der Waals surface area contributed by atoms with Gasteiger partial charge < -0.3 is 0 Å². The van der Waals surface area contributed by atoms with Gasteiger partial charge in [0.1, 0.15) is 4.86 Å². The number of hydrogen-bond donors (Lipinski definition) is 1. The van der Waals surface area contributed by atoms with Crippen molar-refractivity contribution >= 4 is 52.1 Å². The van der Waals surface area contributed by atoms with Crippen molar-refractivity contribution in [3.63, 3.8) is 0 Å². The van der Waals surface area contributed by atoms with Gasteiger partial charge in [-0.25, -0.2) is 10.3 Å². The van der Waals surface area contributed by atoms with Gasteiger partial charge in [0.05, 0.1) is 6.21 Å². The Hall–Kier alpha value is -1.30. The average molecular weight is 270 g/mol. The van der Waals surface area contributed by atoms with E-state index in [1.54, 1.807) is 0 Å². The summed E-state index contributed by atoms with van der Waals surface area (Å²) in [6.45, 7) is 0. The van der Waals surface area contributed by atoms with Gasteiger partial charge in [0.25, 0.3) is 10.3 Å². The normalized spacial score (nSPS) is 15.3. The van der Waals surface area contributed by atoms with E-state index in [1.807, 2.05) is 5.32 Å². The Morgan fingerprint density at radius 2 is 1.53 bits per heavy atom. The Kier molecular flexibility index (Phi) is 3.52. The van der Waals surface area contributed by atoms with Gasteiger partial charge in [-0.05, 0) is 0 Å². The average Bonchev–Trinajstić information content (AvgIpc) is 2.16. The molecule has 0 saturated carbocycles. The summed E-state index contributed by atoms with van der Waals surface area (Å²) in [6, 6.07) is 0. The van der Waals surface area contributed by atoms with Gasteiger partial charge >= 0.3 is 0 Å². The molecule has 15 heavy (non-hydrogen) atoms. The van der Waals surface area contributed by atoms with E-state index >= 15 is 0 Å². The molecule has 8 nitrogen and oxygen atoms in total. The molecule has 1 N–H and O–H groups in total. The Morgan fingerprint density at radius 3 is 1.93 bits per heavy atom. The lowest BCUT2D eigenvalue weighted by Gasteiger charge is -2.04. The quantitative estimate of drug-likeness (QED) is 0.456. The lowest BCUT2D eigenvalue weighted by molar-refractivity contribution is 0.624. The highest BCUT2D eigenvalue weighted by Gasteiger charge is 2.19. The topological polar surface area (TPSA) is 127 Å².